The van der Waals surface area contributed by atoms with Crippen LogP contribution in [0.3, 0.4) is 0 Å². The number of anilines is 1. The third-order valence-electron chi connectivity index (χ3n) is 1.99. The Balaban J connectivity index is 2.08. The summed E-state index contributed by atoms with van der Waals surface area (Å²) >= 11 is 1.16. The van der Waals surface area contributed by atoms with E-state index in [1.54, 1.807) is 0 Å². The van der Waals surface area contributed by atoms with Gasteiger partial charge in [-0.15, -0.1) is 0 Å². The van der Waals surface area contributed by atoms with Gasteiger partial charge in [-0.05, 0) is 12.8 Å². The minimum atomic E-state index is -3.25. The van der Waals surface area contributed by atoms with E-state index in [9.17, 15) is 8.42 Å². The number of hydrogen-bond donors (Lipinski definition) is 2. The van der Waals surface area contributed by atoms with E-state index in [-0.39, 0.29) is 11.9 Å². The topological polar surface area (TPSA) is 79.3 Å². The van der Waals surface area contributed by atoms with Gasteiger partial charge in [-0.2, -0.15) is 0 Å². The molecule has 1 heterocycles. The van der Waals surface area contributed by atoms with E-state index >= 15 is 0 Å². The Kier molecular flexibility index (Phi) is 3.14. The summed E-state index contributed by atoms with van der Waals surface area (Å²) in [6.07, 6.45) is 2.92. The molecule has 5 nitrogen and oxygen atoms in total. The van der Waals surface area contributed by atoms with Crippen LogP contribution < -0.4 is 4.72 Å². The third-order valence-corrected chi connectivity index (χ3v) is 4.77. The largest absolute Gasteiger partial charge is 0.384 e. The molecule has 0 atom stereocenters. The van der Waals surface area contributed by atoms with Gasteiger partial charge in [-0.25, -0.2) is 13.4 Å². The fourth-order valence-corrected chi connectivity index (χ4v) is 3.37. The molecular weight excluding hydrogens is 248 g/mol. The molecule has 1 saturated carbocycles. The molecule has 86 valence electrons. The van der Waals surface area contributed by atoms with Crippen molar-refractivity contribution in [1.82, 2.24) is 4.98 Å². The third kappa shape index (κ3) is 2.72. The Morgan fingerprint density at radius 3 is 3.00 bits per heavy atom. The number of hydrogen-bond acceptors (Lipinski definition) is 5. The number of nitrogens with one attached hydrogen (secondary N) is 1. The zero-order chi connectivity index (χ0) is 11.6. The smallest absolute Gasteiger partial charge is 0.237 e. The van der Waals surface area contributed by atoms with Crippen LogP contribution in [0.2, 0.25) is 0 Å². The number of thiazole rings is 1. The van der Waals surface area contributed by atoms with Crippen molar-refractivity contribution in [2.45, 2.75) is 18.1 Å². The molecule has 2 rings (SSSR count). The van der Waals surface area contributed by atoms with Gasteiger partial charge in [0.25, 0.3) is 0 Å². The molecular formula is C9H10N2O3S2. The van der Waals surface area contributed by atoms with E-state index in [0.29, 0.717) is 10.0 Å². The Hall–Kier alpha value is -1.10. The van der Waals surface area contributed by atoms with Gasteiger partial charge in [0.15, 0.2) is 5.13 Å². The monoisotopic (exact) mass is 258 g/mol. The summed E-state index contributed by atoms with van der Waals surface area (Å²) in [4.78, 5) is 4.54. The van der Waals surface area contributed by atoms with Gasteiger partial charge in [0.2, 0.25) is 10.0 Å². The summed E-state index contributed by atoms with van der Waals surface area (Å²) in [7, 11) is -3.25. The first kappa shape index (κ1) is 11.4. The predicted molar refractivity (Wildman–Crippen MR) is 61.6 cm³/mol. The molecule has 1 aliphatic rings. The summed E-state index contributed by atoms with van der Waals surface area (Å²) in [5.41, 5.74) is 0. The Bertz CT molecular complexity index is 535. The highest BCUT2D eigenvalue weighted by molar-refractivity contribution is 7.93. The van der Waals surface area contributed by atoms with Gasteiger partial charge >= 0.3 is 0 Å². The van der Waals surface area contributed by atoms with E-state index in [4.69, 9.17) is 5.11 Å². The minimum Gasteiger partial charge on any atom is -0.384 e. The van der Waals surface area contributed by atoms with Crippen LogP contribution in [0.4, 0.5) is 5.13 Å². The van der Waals surface area contributed by atoms with Crippen molar-refractivity contribution < 1.29 is 13.5 Å². The lowest BCUT2D eigenvalue weighted by Crippen LogP contribution is -2.16. The molecule has 0 radical (unpaired) electrons. The molecule has 0 amide bonds. The molecule has 1 aromatic heterocycles. The summed E-state index contributed by atoms with van der Waals surface area (Å²) < 4.78 is 25.6. The summed E-state index contributed by atoms with van der Waals surface area (Å²) in [5.74, 6) is 5.14. The molecule has 0 unspecified atom stereocenters. The van der Waals surface area contributed by atoms with E-state index in [1.807, 2.05) is 0 Å². The van der Waals surface area contributed by atoms with Crippen LogP contribution in [-0.2, 0) is 10.0 Å². The van der Waals surface area contributed by atoms with Crippen LogP contribution in [0.1, 0.15) is 17.7 Å². The van der Waals surface area contributed by atoms with Crippen LogP contribution in [0.5, 0.6) is 0 Å². The van der Waals surface area contributed by atoms with E-state index in [2.05, 4.69) is 21.5 Å². The van der Waals surface area contributed by atoms with E-state index in [0.717, 1.165) is 24.2 Å². The Morgan fingerprint density at radius 2 is 2.38 bits per heavy atom. The number of aromatic nitrogens is 1. The first-order valence-electron chi connectivity index (χ1n) is 4.69. The van der Waals surface area contributed by atoms with Gasteiger partial charge in [0, 0.05) is 0 Å². The number of rotatable bonds is 3. The van der Waals surface area contributed by atoms with Crippen molar-refractivity contribution in [1.29, 1.82) is 0 Å². The Morgan fingerprint density at radius 1 is 1.62 bits per heavy atom. The standard InChI is InChI=1S/C9H10N2O3S2/c12-5-1-2-7-6-10-9(15-7)11-16(13,14)8-3-4-8/h6,8,12H,3-5H2,(H,10,11). The highest BCUT2D eigenvalue weighted by Gasteiger charge is 2.36. The number of sulfonamides is 1. The van der Waals surface area contributed by atoms with Crippen LogP contribution >= 0.6 is 11.3 Å². The fraction of sp³-hybridized carbons (Fsp3) is 0.444. The van der Waals surface area contributed by atoms with Crippen LogP contribution in [0.15, 0.2) is 6.20 Å². The summed E-state index contributed by atoms with van der Waals surface area (Å²) in [5, 5.41) is 8.57. The average molecular weight is 258 g/mol. The molecule has 7 heteroatoms. The van der Waals surface area contributed by atoms with Crippen molar-refractivity contribution >= 4 is 26.5 Å². The molecule has 0 aliphatic heterocycles. The molecule has 0 saturated heterocycles. The lowest BCUT2D eigenvalue weighted by Gasteiger charge is -2.01. The first-order chi connectivity index (χ1) is 7.62. The Labute approximate surface area is 97.6 Å². The number of aliphatic hydroxyl groups excluding tert-OH is 1. The van der Waals surface area contributed by atoms with Gasteiger partial charge in [-0.1, -0.05) is 23.2 Å². The lowest BCUT2D eigenvalue weighted by molar-refractivity contribution is 0.350. The second-order valence-electron chi connectivity index (χ2n) is 3.34. The minimum absolute atomic E-state index is 0.221. The van der Waals surface area contributed by atoms with Crippen LogP contribution in [0.25, 0.3) is 0 Å². The molecule has 1 fully saturated rings. The van der Waals surface area contributed by atoms with Crippen molar-refractivity contribution in [2.24, 2.45) is 0 Å². The normalized spacial score (nSPS) is 15.3. The predicted octanol–water partition coefficient (Wildman–Crippen LogP) is 0.391. The molecule has 0 aromatic carbocycles. The molecule has 16 heavy (non-hydrogen) atoms. The fourth-order valence-electron chi connectivity index (χ4n) is 1.09. The van der Waals surface area contributed by atoms with Crippen molar-refractivity contribution in [2.75, 3.05) is 11.3 Å². The maximum Gasteiger partial charge on any atom is 0.237 e. The maximum atomic E-state index is 11.6. The number of aliphatic hydroxyl groups is 1. The first-order valence-corrected chi connectivity index (χ1v) is 7.05. The van der Waals surface area contributed by atoms with Gasteiger partial charge in [0.1, 0.15) is 6.61 Å². The van der Waals surface area contributed by atoms with E-state index in [1.165, 1.54) is 6.20 Å². The molecule has 0 bridgehead atoms. The molecule has 1 aromatic rings. The zero-order valence-corrected chi connectivity index (χ0v) is 9.94. The summed E-state index contributed by atoms with van der Waals surface area (Å²) in [6, 6.07) is 0. The van der Waals surface area contributed by atoms with Crippen LogP contribution in [0, 0.1) is 11.8 Å². The van der Waals surface area contributed by atoms with Gasteiger partial charge in [-0.3, -0.25) is 4.72 Å². The van der Waals surface area contributed by atoms with Crippen molar-refractivity contribution in [3.05, 3.63) is 11.1 Å². The second kappa shape index (κ2) is 4.41. The highest BCUT2D eigenvalue weighted by Crippen LogP contribution is 2.30. The van der Waals surface area contributed by atoms with E-state index < -0.39 is 10.0 Å². The van der Waals surface area contributed by atoms with Gasteiger partial charge in [0.05, 0.1) is 16.3 Å². The zero-order valence-electron chi connectivity index (χ0n) is 8.30. The quantitative estimate of drug-likeness (QED) is 0.769. The SMILES string of the molecule is O=S(=O)(Nc1ncc(C#CCO)s1)C1CC1. The lowest BCUT2D eigenvalue weighted by atomic mass is 10.5. The van der Waals surface area contributed by atoms with Gasteiger partial charge < -0.3 is 5.11 Å². The van der Waals surface area contributed by atoms with Crippen molar-refractivity contribution in [3.8, 4) is 11.8 Å². The highest BCUT2D eigenvalue weighted by atomic mass is 32.2. The second-order valence-corrected chi connectivity index (χ2v) is 6.33. The maximum absolute atomic E-state index is 11.6. The molecule has 2 N–H and O–H groups in total. The molecule has 0 spiro atoms. The average Bonchev–Trinajstić information content (AvgIpc) is 3.00. The summed E-state index contributed by atoms with van der Waals surface area (Å²) in [6.45, 7) is -0.221. The van der Waals surface area contributed by atoms with Crippen LogP contribution in [-0.4, -0.2) is 30.4 Å². The number of nitrogens with zero attached hydrogens (tertiary/aromatic N) is 1. The molecule has 1 aliphatic carbocycles. The van der Waals surface area contributed by atoms with Crippen molar-refractivity contribution in [3.63, 3.8) is 0 Å².